The van der Waals surface area contributed by atoms with Gasteiger partial charge in [0.2, 0.25) is 0 Å². The van der Waals surface area contributed by atoms with E-state index in [-0.39, 0.29) is 0 Å². The minimum atomic E-state index is 0.994. The molecule has 6 nitrogen and oxygen atoms in total. The Morgan fingerprint density at radius 3 is 1.41 bits per heavy atom. The molecule has 0 bridgehead atoms. The average Bonchev–Trinajstić information content (AvgIpc) is 3.61. The summed E-state index contributed by atoms with van der Waals surface area (Å²) in [6.07, 6.45) is 10.6. The van der Waals surface area contributed by atoms with E-state index >= 15 is 0 Å². The normalized spacial score (nSPS) is 11.3. The Hall–Kier alpha value is -7.70. The maximum atomic E-state index is 4.26. The number of aryl methyl sites for hydroxylation is 2. The minimum Gasteiger partial charge on any atom is -0.310 e. The third-order valence-corrected chi connectivity index (χ3v) is 11.0. The highest BCUT2D eigenvalue weighted by molar-refractivity contribution is 6.11. The fourth-order valence-corrected chi connectivity index (χ4v) is 8.26. The van der Waals surface area contributed by atoms with E-state index in [0.717, 1.165) is 67.2 Å². The fourth-order valence-electron chi connectivity index (χ4n) is 8.26. The van der Waals surface area contributed by atoms with Gasteiger partial charge >= 0.3 is 0 Å². The van der Waals surface area contributed by atoms with E-state index in [1.54, 1.807) is 12.7 Å². The van der Waals surface area contributed by atoms with Crippen LogP contribution in [0.4, 0.5) is 17.1 Å². The lowest BCUT2D eigenvalue weighted by atomic mass is 9.91. The molecule has 0 atom stereocenters. The van der Waals surface area contributed by atoms with Crippen LogP contribution in [0.15, 0.2) is 195 Å². The van der Waals surface area contributed by atoms with E-state index in [9.17, 15) is 0 Å². The molecular formula is C52H38N6. The van der Waals surface area contributed by atoms with Gasteiger partial charge in [0.25, 0.3) is 0 Å². The second-order valence-corrected chi connectivity index (χ2v) is 14.6. The van der Waals surface area contributed by atoms with Crippen molar-refractivity contribution >= 4 is 38.9 Å². The van der Waals surface area contributed by atoms with Crippen LogP contribution < -0.4 is 4.90 Å². The predicted octanol–water partition coefficient (Wildman–Crippen LogP) is 13.1. The molecule has 0 saturated carbocycles. The van der Waals surface area contributed by atoms with Gasteiger partial charge in [-0.2, -0.15) is 0 Å². The molecule has 0 saturated heterocycles. The van der Waals surface area contributed by atoms with Crippen LogP contribution >= 0.6 is 0 Å². The molecule has 58 heavy (non-hydrogen) atoms. The molecule has 276 valence electrons. The van der Waals surface area contributed by atoms with Crippen LogP contribution in [0.5, 0.6) is 0 Å². The topological polar surface area (TPSA) is 59.7 Å². The van der Waals surface area contributed by atoms with Crippen molar-refractivity contribution in [2.24, 2.45) is 0 Å². The predicted molar refractivity (Wildman–Crippen MR) is 238 cm³/mol. The number of aromatic nitrogens is 5. The summed E-state index contributed by atoms with van der Waals surface area (Å²) in [5.74, 6) is 0. The van der Waals surface area contributed by atoms with Gasteiger partial charge in [0.15, 0.2) is 0 Å². The molecule has 0 unspecified atom stereocenters. The van der Waals surface area contributed by atoms with Crippen molar-refractivity contribution in [1.29, 1.82) is 0 Å². The van der Waals surface area contributed by atoms with Crippen LogP contribution in [0.2, 0.25) is 0 Å². The van der Waals surface area contributed by atoms with Crippen molar-refractivity contribution in [3.8, 4) is 50.2 Å². The van der Waals surface area contributed by atoms with E-state index < -0.39 is 0 Å². The number of hydrogen-bond donors (Lipinski definition) is 0. The molecule has 10 aromatic rings. The Bertz CT molecular complexity index is 2920. The van der Waals surface area contributed by atoms with Gasteiger partial charge in [0.1, 0.15) is 12.7 Å². The lowest BCUT2D eigenvalue weighted by molar-refractivity contribution is 1.17. The summed E-state index contributed by atoms with van der Waals surface area (Å²) in [6, 6.07) is 57.0. The van der Waals surface area contributed by atoms with Gasteiger partial charge in [0, 0.05) is 69.4 Å². The van der Waals surface area contributed by atoms with Crippen molar-refractivity contribution in [3.63, 3.8) is 0 Å². The number of anilines is 3. The van der Waals surface area contributed by atoms with Crippen LogP contribution in [0.1, 0.15) is 11.1 Å². The van der Waals surface area contributed by atoms with Crippen molar-refractivity contribution in [2.45, 2.75) is 13.8 Å². The number of hydrogen-bond acceptors (Lipinski definition) is 5. The molecule has 0 spiro atoms. The first-order valence-corrected chi connectivity index (χ1v) is 19.4. The Kier molecular flexibility index (Phi) is 8.84. The standard InChI is InChI=1S/C52H38N6/c1-35-23-37(41-29-53-33-54-30-41)17-20-47(35)39-25-40(48-21-18-38(24-36(48)2)42-31-55-34-56-32-42)27-46(26-39)58-51-16-10-9-15-49(51)50-28-45(19-22-52(50)58)57(43-11-5-3-6-12-43)44-13-7-4-8-14-44/h3-34H,1-2H3. The summed E-state index contributed by atoms with van der Waals surface area (Å²) in [5, 5.41) is 2.39. The van der Waals surface area contributed by atoms with Crippen molar-refractivity contribution in [2.75, 3.05) is 4.90 Å². The van der Waals surface area contributed by atoms with Gasteiger partial charge in [-0.15, -0.1) is 0 Å². The first kappa shape index (κ1) is 34.8. The molecule has 0 fully saturated rings. The van der Waals surface area contributed by atoms with Crippen molar-refractivity contribution < 1.29 is 0 Å². The van der Waals surface area contributed by atoms with Gasteiger partial charge in [0.05, 0.1) is 11.0 Å². The second kappa shape index (κ2) is 14.8. The molecule has 0 aliphatic heterocycles. The molecule has 0 aliphatic carbocycles. The summed E-state index contributed by atoms with van der Waals surface area (Å²) in [7, 11) is 0. The summed E-state index contributed by atoms with van der Waals surface area (Å²) in [4.78, 5) is 19.4. The molecule has 7 aromatic carbocycles. The van der Waals surface area contributed by atoms with E-state index in [4.69, 9.17) is 0 Å². The third kappa shape index (κ3) is 6.36. The van der Waals surface area contributed by atoms with Gasteiger partial charge in [-0.25, -0.2) is 19.9 Å². The van der Waals surface area contributed by atoms with Crippen molar-refractivity contribution in [3.05, 3.63) is 206 Å². The smallest absolute Gasteiger partial charge is 0.115 e. The number of fused-ring (bicyclic) bond motifs is 3. The first-order valence-electron chi connectivity index (χ1n) is 19.4. The molecule has 0 radical (unpaired) electrons. The monoisotopic (exact) mass is 746 g/mol. The van der Waals surface area contributed by atoms with Crippen LogP contribution in [-0.4, -0.2) is 24.5 Å². The number of para-hydroxylation sites is 3. The van der Waals surface area contributed by atoms with Gasteiger partial charge in [-0.3, -0.25) is 0 Å². The summed E-state index contributed by atoms with van der Waals surface area (Å²) in [5.41, 5.74) is 17.8. The van der Waals surface area contributed by atoms with Gasteiger partial charge < -0.3 is 9.47 Å². The van der Waals surface area contributed by atoms with Gasteiger partial charge in [-0.05, 0) is 125 Å². The number of nitrogens with zero attached hydrogens (tertiary/aromatic N) is 6. The van der Waals surface area contributed by atoms with Gasteiger partial charge in [-0.1, -0.05) is 91.0 Å². The average molecular weight is 747 g/mol. The molecule has 6 heteroatoms. The van der Waals surface area contributed by atoms with Crippen molar-refractivity contribution in [1.82, 2.24) is 24.5 Å². The Morgan fingerprint density at radius 1 is 0.379 bits per heavy atom. The molecule has 3 aromatic heterocycles. The molecule has 0 aliphatic rings. The van der Waals surface area contributed by atoms with Crippen LogP contribution in [0.3, 0.4) is 0 Å². The highest BCUT2D eigenvalue weighted by Gasteiger charge is 2.19. The zero-order chi connectivity index (χ0) is 39.0. The van der Waals surface area contributed by atoms with Crippen LogP contribution in [0.25, 0.3) is 72.0 Å². The fraction of sp³-hybridized carbons (Fsp3) is 0.0385. The zero-order valence-electron chi connectivity index (χ0n) is 32.2. The quantitative estimate of drug-likeness (QED) is 0.155. The Labute approximate surface area is 337 Å². The zero-order valence-corrected chi connectivity index (χ0v) is 32.2. The lowest BCUT2D eigenvalue weighted by Crippen LogP contribution is -2.09. The van der Waals surface area contributed by atoms with E-state index in [0.29, 0.717) is 0 Å². The Morgan fingerprint density at radius 2 is 0.879 bits per heavy atom. The van der Waals surface area contributed by atoms with E-state index in [1.165, 1.54) is 33.0 Å². The highest BCUT2D eigenvalue weighted by Crippen LogP contribution is 2.42. The SMILES string of the molecule is Cc1cc(-c2cncnc2)ccc1-c1cc(-c2ccc(-c3cncnc3)cc2C)cc(-n2c3ccccc3c3cc(N(c4ccccc4)c4ccccc4)ccc32)c1. The summed E-state index contributed by atoms with van der Waals surface area (Å²) < 4.78 is 2.42. The second-order valence-electron chi connectivity index (χ2n) is 14.6. The first-order chi connectivity index (χ1) is 28.6. The molecule has 0 N–H and O–H groups in total. The third-order valence-electron chi connectivity index (χ3n) is 11.0. The molecule has 10 rings (SSSR count). The minimum absolute atomic E-state index is 0.994. The highest BCUT2D eigenvalue weighted by atomic mass is 15.1. The van der Waals surface area contributed by atoms with Crippen LogP contribution in [0, 0.1) is 13.8 Å². The Balaban J connectivity index is 1.18. The number of benzene rings is 7. The van der Waals surface area contributed by atoms with Crippen LogP contribution in [-0.2, 0) is 0 Å². The maximum Gasteiger partial charge on any atom is 0.115 e. The molecular weight excluding hydrogens is 709 g/mol. The van der Waals surface area contributed by atoms with E-state index in [1.807, 2.05) is 24.8 Å². The lowest BCUT2D eigenvalue weighted by Gasteiger charge is -2.25. The number of rotatable bonds is 8. The summed E-state index contributed by atoms with van der Waals surface area (Å²) >= 11 is 0. The molecule has 3 heterocycles. The van der Waals surface area contributed by atoms with E-state index in [2.05, 4.69) is 201 Å². The molecule has 0 amide bonds. The summed E-state index contributed by atoms with van der Waals surface area (Å²) in [6.45, 7) is 4.37. The largest absolute Gasteiger partial charge is 0.310 e. The maximum absolute atomic E-state index is 4.26.